The molecule has 0 unspecified atom stereocenters. The van der Waals surface area contributed by atoms with E-state index in [0.29, 0.717) is 5.57 Å². The SMILES string of the molecule is CC(=C[Si](C)(C)C)C(N)=O. The summed E-state index contributed by atoms with van der Waals surface area (Å²) in [5.41, 5.74) is 7.76. The van der Waals surface area contributed by atoms with E-state index in [1.54, 1.807) is 6.92 Å². The van der Waals surface area contributed by atoms with E-state index in [1.807, 2.05) is 5.70 Å². The van der Waals surface area contributed by atoms with Gasteiger partial charge in [0.05, 0.1) is 8.07 Å². The fourth-order valence-electron chi connectivity index (χ4n) is 0.721. The van der Waals surface area contributed by atoms with Crippen LogP contribution in [-0.4, -0.2) is 14.0 Å². The number of nitrogens with two attached hydrogens (primary N) is 1. The van der Waals surface area contributed by atoms with E-state index in [9.17, 15) is 4.79 Å². The monoisotopic (exact) mass is 157 g/mol. The predicted molar refractivity (Wildman–Crippen MR) is 46.3 cm³/mol. The van der Waals surface area contributed by atoms with Crippen molar-refractivity contribution in [3.8, 4) is 0 Å². The number of amides is 1. The van der Waals surface area contributed by atoms with Gasteiger partial charge in [-0.15, -0.1) is 0 Å². The molecule has 0 aromatic carbocycles. The molecule has 0 aliphatic rings. The highest BCUT2D eigenvalue weighted by atomic mass is 28.3. The quantitative estimate of drug-likeness (QED) is 0.476. The van der Waals surface area contributed by atoms with E-state index in [2.05, 4.69) is 19.6 Å². The van der Waals surface area contributed by atoms with Gasteiger partial charge in [0, 0.05) is 5.57 Å². The van der Waals surface area contributed by atoms with Gasteiger partial charge in [0.2, 0.25) is 5.91 Å². The Kier molecular flexibility index (Phi) is 2.84. The van der Waals surface area contributed by atoms with Crippen LogP contribution in [0, 0.1) is 0 Å². The highest BCUT2D eigenvalue weighted by Gasteiger charge is 2.10. The van der Waals surface area contributed by atoms with E-state index >= 15 is 0 Å². The van der Waals surface area contributed by atoms with E-state index in [-0.39, 0.29) is 5.91 Å². The van der Waals surface area contributed by atoms with Crippen LogP contribution in [0.1, 0.15) is 6.92 Å². The molecule has 0 aromatic heterocycles. The average molecular weight is 157 g/mol. The summed E-state index contributed by atoms with van der Waals surface area (Å²) in [5.74, 6) is -0.303. The number of rotatable bonds is 2. The number of hydrogen-bond acceptors (Lipinski definition) is 1. The highest BCUT2D eigenvalue weighted by molar-refractivity contribution is 6.81. The maximum atomic E-state index is 10.6. The van der Waals surface area contributed by atoms with Crippen LogP contribution in [0.5, 0.6) is 0 Å². The zero-order valence-electron chi connectivity index (χ0n) is 7.06. The van der Waals surface area contributed by atoms with Crippen molar-refractivity contribution in [3.63, 3.8) is 0 Å². The molecular weight excluding hydrogens is 142 g/mol. The van der Waals surface area contributed by atoms with Crippen molar-refractivity contribution in [2.24, 2.45) is 5.73 Å². The molecule has 58 valence electrons. The summed E-state index contributed by atoms with van der Waals surface area (Å²) in [7, 11) is -1.25. The Balaban J connectivity index is 4.32. The number of carbonyl (C=O) groups excluding carboxylic acids is 1. The van der Waals surface area contributed by atoms with Crippen molar-refractivity contribution < 1.29 is 4.79 Å². The van der Waals surface area contributed by atoms with Crippen LogP contribution >= 0.6 is 0 Å². The molecule has 1 amide bonds. The van der Waals surface area contributed by atoms with Crippen LogP contribution in [0.15, 0.2) is 11.3 Å². The molecule has 0 spiro atoms. The van der Waals surface area contributed by atoms with E-state index < -0.39 is 8.07 Å². The van der Waals surface area contributed by atoms with Gasteiger partial charge >= 0.3 is 0 Å². The zero-order chi connectivity index (χ0) is 8.36. The second kappa shape index (κ2) is 3.01. The molecule has 2 nitrogen and oxygen atoms in total. The first kappa shape index (κ1) is 9.43. The first-order valence-electron chi connectivity index (χ1n) is 3.32. The molecular formula is C7H15NOSi. The molecule has 0 saturated heterocycles. The Labute approximate surface area is 63.1 Å². The summed E-state index contributed by atoms with van der Waals surface area (Å²) < 4.78 is 0. The van der Waals surface area contributed by atoms with Crippen molar-refractivity contribution in [1.29, 1.82) is 0 Å². The fraction of sp³-hybridized carbons (Fsp3) is 0.571. The van der Waals surface area contributed by atoms with Crippen LogP contribution in [-0.2, 0) is 4.79 Å². The molecule has 0 fully saturated rings. The summed E-state index contributed by atoms with van der Waals surface area (Å²) in [6.45, 7) is 8.26. The van der Waals surface area contributed by atoms with Gasteiger partial charge < -0.3 is 5.73 Å². The Morgan fingerprint density at radius 1 is 1.40 bits per heavy atom. The third-order valence-electron chi connectivity index (χ3n) is 1.04. The molecule has 3 heteroatoms. The van der Waals surface area contributed by atoms with Gasteiger partial charge in [-0.3, -0.25) is 4.79 Å². The van der Waals surface area contributed by atoms with E-state index in [0.717, 1.165) is 0 Å². The van der Waals surface area contributed by atoms with Crippen LogP contribution in [0.4, 0.5) is 0 Å². The van der Waals surface area contributed by atoms with Crippen LogP contribution < -0.4 is 5.73 Å². The molecule has 0 bridgehead atoms. The zero-order valence-corrected chi connectivity index (χ0v) is 8.06. The first-order chi connectivity index (χ1) is 4.33. The maximum Gasteiger partial charge on any atom is 0.243 e. The molecule has 0 atom stereocenters. The second-order valence-electron chi connectivity index (χ2n) is 3.56. The Bertz CT molecular complexity index is 167. The van der Waals surface area contributed by atoms with Crippen molar-refractivity contribution >= 4 is 14.0 Å². The third kappa shape index (κ3) is 4.32. The molecule has 0 heterocycles. The molecule has 0 aliphatic heterocycles. The van der Waals surface area contributed by atoms with Crippen LogP contribution in [0.25, 0.3) is 0 Å². The van der Waals surface area contributed by atoms with Gasteiger partial charge in [0.1, 0.15) is 0 Å². The molecule has 0 aromatic rings. The Hall–Kier alpha value is -0.573. The van der Waals surface area contributed by atoms with Crippen molar-refractivity contribution in [3.05, 3.63) is 11.3 Å². The number of hydrogen-bond donors (Lipinski definition) is 1. The molecule has 10 heavy (non-hydrogen) atoms. The summed E-state index contributed by atoms with van der Waals surface area (Å²) >= 11 is 0. The summed E-state index contributed by atoms with van der Waals surface area (Å²) in [4.78, 5) is 10.6. The van der Waals surface area contributed by atoms with Crippen molar-refractivity contribution in [1.82, 2.24) is 0 Å². The normalized spacial score (nSPS) is 13.4. The fourth-order valence-corrected chi connectivity index (χ4v) is 2.16. The summed E-state index contributed by atoms with van der Waals surface area (Å²) in [5, 5.41) is 0. The summed E-state index contributed by atoms with van der Waals surface area (Å²) in [6, 6.07) is 0. The molecule has 0 aliphatic carbocycles. The molecule has 0 radical (unpaired) electrons. The highest BCUT2D eigenvalue weighted by Crippen LogP contribution is 2.05. The van der Waals surface area contributed by atoms with Crippen LogP contribution in [0.3, 0.4) is 0 Å². The van der Waals surface area contributed by atoms with Crippen molar-refractivity contribution in [2.75, 3.05) is 0 Å². The van der Waals surface area contributed by atoms with Gasteiger partial charge in [-0.1, -0.05) is 25.3 Å². The summed E-state index contributed by atoms with van der Waals surface area (Å²) in [6.07, 6.45) is 0. The Morgan fingerprint density at radius 3 is 1.90 bits per heavy atom. The van der Waals surface area contributed by atoms with E-state index in [4.69, 9.17) is 5.73 Å². The predicted octanol–water partition coefficient (Wildman–Crippen LogP) is 1.30. The lowest BCUT2D eigenvalue weighted by Crippen LogP contribution is -2.21. The lowest BCUT2D eigenvalue weighted by atomic mass is 10.3. The van der Waals surface area contributed by atoms with Crippen molar-refractivity contribution in [2.45, 2.75) is 26.6 Å². The molecule has 0 rings (SSSR count). The first-order valence-corrected chi connectivity index (χ1v) is 6.90. The van der Waals surface area contributed by atoms with Gasteiger partial charge in [-0.05, 0) is 6.92 Å². The van der Waals surface area contributed by atoms with Gasteiger partial charge in [0.15, 0.2) is 0 Å². The minimum absolute atomic E-state index is 0.303. The largest absolute Gasteiger partial charge is 0.366 e. The van der Waals surface area contributed by atoms with Gasteiger partial charge in [0.25, 0.3) is 0 Å². The molecule has 0 saturated carbocycles. The Morgan fingerprint density at radius 2 is 1.80 bits per heavy atom. The minimum Gasteiger partial charge on any atom is -0.366 e. The second-order valence-corrected chi connectivity index (χ2v) is 8.58. The molecule has 2 N–H and O–H groups in total. The maximum absolute atomic E-state index is 10.6. The van der Waals surface area contributed by atoms with Gasteiger partial charge in [-0.25, -0.2) is 0 Å². The minimum atomic E-state index is -1.25. The van der Waals surface area contributed by atoms with Crippen LogP contribution in [0.2, 0.25) is 19.6 Å². The van der Waals surface area contributed by atoms with E-state index in [1.165, 1.54) is 0 Å². The average Bonchev–Trinajstić information content (AvgIpc) is 1.60. The third-order valence-corrected chi connectivity index (χ3v) is 2.34. The number of primary amides is 1. The lowest BCUT2D eigenvalue weighted by molar-refractivity contribution is -0.114. The van der Waals surface area contributed by atoms with Gasteiger partial charge in [-0.2, -0.15) is 0 Å². The lowest BCUT2D eigenvalue weighted by Gasteiger charge is -2.09. The number of carbonyl (C=O) groups is 1. The smallest absolute Gasteiger partial charge is 0.243 e. The topological polar surface area (TPSA) is 43.1 Å². The standard InChI is InChI=1S/C7H15NOSi/c1-6(7(8)9)5-10(2,3)4/h5H,1-4H3,(H2,8,9).